The fourth-order valence-corrected chi connectivity index (χ4v) is 7.02. The molecule has 0 bridgehead atoms. The first-order valence-corrected chi connectivity index (χ1v) is 22.7. The highest BCUT2D eigenvalue weighted by atomic mass is 32.2. The Morgan fingerprint density at radius 1 is 0.620 bits per heavy atom. The fraction of sp³-hybridized carbons (Fsp3) is 0.951. The van der Waals surface area contributed by atoms with E-state index in [4.69, 9.17) is 0 Å². The van der Waals surface area contributed by atoms with Crippen molar-refractivity contribution in [3.05, 3.63) is 0 Å². The third-order valence-electron chi connectivity index (χ3n) is 10.7. The first-order valence-electron chi connectivity index (χ1n) is 21.2. The zero-order valence-electron chi connectivity index (χ0n) is 33.9. The molecule has 0 aromatic carbocycles. The van der Waals surface area contributed by atoms with Gasteiger partial charge in [0, 0.05) is 19.4 Å². The van der Waals surface area contributed by atoms with E-state index in [9.17, 15) is 22.6 Å². The van der Waals surface area contributed by atoms with E-state index in [1.165, 1.54) is 109 Å². The summed E-state index contributed by atoms with van der Waals surface area (Å²) in [5, 5.41) is 5.42. The Morgan fingerprint density at radius 3 is 1.48 bits per heavy atom. The predicted molar refractivity (Wildman–Crippen MR) is 213 cm³/mol. The molecule has 8 nitrogen and oxygen atoms in total. The molecule has 0 fully saturated rings. The van der Waals surface area contributed by atoms with E-state index in [0.717, 1.165) is 68.9 Å². The molecule has 0 radical (unpaired) electrons. The maximum Gasteiger partial charge on any atom is 0.267 e. The molecule has 0 aromatic rings. The van der Waals surface area contributed by atoms with Gasteiger partial charge in [0.2, 0.25) is 11.8 Å². The number of hydrogen-bond acceptors (Lipinski definition) is 4. The number of rotatable bonds is 36. The second-order valence-electron chi connectivity index (χ2n) is 16.1. The number of quaternary nitrogens is 1. The van der Waals surface area contributed by atoms with Crippen LogP contribution >= 0.6 is 0 Å². The van der Waals surface area contributed by atoms with Crippen LogP contribution in [0.2, 0.25) is 0 Å². The van der Waals surface area contributed by atoms with Gasteiger partial charge in [-0.1, -0.05) is 156 Å². The molecule has 2 amide bonds. The van der Waals surface area contributed by atoms with Gasteiger partial charge in [-0.25, -0.2) is 0 Å². The van der Waals surface area contributed by atoms with Crippen LogP contribution in [0.25, 0.3) is 0 Å². The summed E-state index contributed by atoms with van der Waals surface area (Å²) in [7, 11) is 0.289. The SMILES string of the molecule is CCCCCCCCCCCCCCCCCCNC(=O)[C@@H](NC(=O)CCCCCCCCCC[N+](C)(C)CCC(C)S(=O)(=O)O)[C@@H](C)CC. The van der Waals surface area contributed by atoms with Crippen molar-refractivity contribution in [1.82, 2.24) is 10.6 Å². The highest BCUT2D eigenvalue weighted by Gasteiger charge is 2.25. The molecule has 0 aliphatic heterocycles. The van der Waals surface area contributed by atoms with Gasteiger partial charge in [-0.05, 0) is 38.5 Å². The van der Waals surface area contributed by atoms with Crippen molar-refractivity contribution in [3.8, 4) is 0 Å². The Balaban J connectivity index is 3.88. The standard InChI is InChI=1S/C41H83N3O5S/c1-7-9-10-11-12-13-14-15-16-17-18-19-21-24-27-30-34-42-41(46)40(37(3)8-2)43-39(45)32-29-26-23-20-22-25-28-31-35-44(5,6)36-33-38(4)50(47,48)49/h37-38,40H,7-36H2,1-6H3,(H2-,42,43,45,46,47,48,49)/p+1/t37-,38?,40-/m0/s1. The van der Waals surface area contributed by atoms with E-state index in [1.54, 1.807) is 6.92 Å². The van der Waals surface area contributed by atoms with Crippen LogP contribution in [0.1, 0.15) is 201 Å². The van der Waals surface area contributed by atoms with Crippen molar-refractivity contribution in [3.63, 3.8) is 0 Å². The van der Waals surface area contributed by atoms with Crippen LogP contribution in [0.4, 0.5) is 0 Å². The van der Waals surface area contributed by atoms with Gasteiger partial charge in [-0.15, -0.1) is 0 Å². The Hall–Kier alpha value is -1.19. The molecule has 0 heterocycles. The van der Waals surface area contributed by atoms with Crippen LogP contribution in [0.15, 0.2) is 0 Å². The summed E-state index contributed by atoms with van der Waals surface area (Å²) >= 11 is 0. The molecule has 0 rings (SSSR count). The molecule has 9 heteroatoms. The van der Waals surface area contributed by atoms with E-state index in [1.807, 2.05) is 6.92 Å². The lowest BCUT2D eigenvalue weighted by molar-refractivity contribution is -0.890. The van der Waals surface area contributed by atoms with E-state index in [0.29, 0.717) is 19.4 Å². The lowest BCUT2D eigenvalue weighted by atomic mass is 9.97. The summed E-state index contributed by atoms with van der Waals surface area (Å²) < 4.78 is 32.4. The Morgan fingerprint density at radius 2 is 1.04 bits per heavy atom. The average Bonchev–Trinajstić information content (AvgIpc) is 3.07. The molecule has 0 aromatic heterocycles. The van der Waals surface area contributed by atoms with Gasteiger partial charge >= 0.3 is 0 Å². The lowest BCUT2D eigenvalue weighted by Crippen LogP contribution is -2.50. The number of nitrogens with zero attached hydrogens (tertiary/aromatic N) is 1. The maximum atomic E-state index is 13.0. The van der Waals surface area contributed by atoms with Gasteiger partial charge in [0.25, 0.3) is 10.1 Å². The lowest BCUT2D eigenvalue weighted by Gasteiger charge is -2.30. The van der Waals surface area contributed by atoms with Crippen molar-refractivity contribution in [1.29, 1.82) is 0 Å². The van der Waals surface area contributed by atoms with Crippen molar-refractivity contribution >= 4 is 21.9 Å². The fourth-order valence-electron chi connectivity index (χ4n) is 6.62. The molecule has 0 aliphatic carbocycles. The number of nitrogens with one attached hydrogen (secondary N) is 2. The normalized spacial score (nSPS) is 14.0. The molecular formula is C41H84N3O5S+. The highest BCUT2D eigenvalue weighted by molar-refractivity contribution is 7.86. The van der Waals surface area contributed by atoms with E-state index in [2.05, 4.69) is 38.6 Å². The molecular weight excluding hydrogens is 647 g/mol. The molecule has 0 saturated heterocycles. The molecule has 1 unspecified atom stereocenters. The number of carbonyl (C=O) groups is 2. The van der Waals surface area contributed by atoms with Gasteiger partial charge in [-0.2, -0.15) is 8.42 Å². The minimum atomic E-state index is -3.95. The molecule has 0 saturated carbocycles. The zero-order chi connectivity index (χ0) is 37.5. The maximum absolute atomic E-state index is 13.0. The number of unbranched alkanes of at least 4 members (excludes halogenated alkanes) is 22. The monoisotopic (exact) mass is 731 g/mol. The third kappa shape index (κ3) is 29.4. The second-order valence-corrected chi connectivity index (χ2v) is 17.9. The predicted octanol–water partition coefficient (Wildman–Crippen LogP) is 10.1. The Bertz CT molecular complexity index is 927. The van der Waals surface area contributed by atoms with Gasteiger partial charge in [0.05, 0.1) is 32.4 Å². The molecule has 3 atom stereocenters. The van der Waals surface area contributed by atoms with Gasteiger partial charge < -0.3 is 15.1 Å². The van der Waals surface area contributed by atoms with Crippen molar-refractivity contribution in [2.45, 2.75) is 212 Å². The Kier molecular flexibility index (Phi) is 30.6. The smallest absolute Gasteiger partial charge is 0.267 e. The number of amides is 2. The Labute approximate surface area is 310 Å². The van der Waals surface area contributed by atoms with Gasteiger partial charge in [0.1, 0.15) is 6.04 Å². The zero-order valence-corrected chi connectivity index (χ0v) is 34.7. The first kappa shape index (κ1) is 48.8. The number of carbonyl (C=O) groups excluding carboxylic acids is 2. The summed E-state index contributed by atoms with van der Waals surface area (Å²) in [6.45, 7) is 10.4. The molecule has 0 aliphatic rings. The van der Waals surface area contributed by atoms with Crippen molar-refractivity contribution < 1.29 is 27.0 Å². The third-order valence-corrected chi connectivity index (χ3v) is 12.0. The molecule has 0 spiro atoms. The summed E-state index contributed by atoms with van der Waals surface area (Å²) in [5.74, 6) is 0.0532. The molecule has 3 N–H and O–H groups in total. The quantitative estimate of drug-likeness (QED) is 0.0338. The average molecular weight is 731 g/mol. The molecule has 50 heavy (non-hydrogen) atoms. The summed E-state index contributed by atoms with van der Waals surface area (Å²) in [5.41, 5.74) is 0. The summed E-state index contributed by atoms with van der Waals surface area (Å²) in [6.07, 6.45) is 32.0. The summed E-state index contributed by atoms with van der Waals surface area (Å²) in [6, 6.07) is -0.455. The minimum Gasteiger partial charge on any atom is -0.354 e. The highest BCUT2D eigenvalue weighted by Crippen LogP contribution is 2.16. The van der Waals surface area contributed by atoms with E-state index < -0.39 is 21.4 Å². The minimum absolute atomic E-state index is 0.0143. The number of hydrogen-bond donors (Lipinski definition) is 3. The second kappa shape index (κ2) is 31.3. The van der Waals surface area contributed by atoms with Crippen LogP contribution in [0.3, 0.4) is 0 Å². The van der Waals surface area contributed by atoms with Crippen LogP contribution in [-0.2, 0) is 19.7 Å². The molecule has 298 valence electrons. The van der Waals surface area contributed by atoms with Crippen LogP contribution < -0.4 is 10.6 Å². The first-order chi connectivity index (χ1) is 23.8. The van der Waals surface area contributed by atoms with E-state index >= 15 is 0 Å². The van der Waals surface area contributed by atoms with Crippen LogP contribution in [-0.4, -0.2) is 74.3 Å². The van der Waals surface area contributed by atoms with Crippen LogP contribution in [0.5, 0.6) is 0 Å². The van der Waals surface area contributed by atoms with Gasteiger partial charge in [-0.3, -0.25) is 14.1 Å². The van der Waals surface area contributed by atoms with Crippen molar-refractivity contribution in [2.24, 2.45) is 5.92 Å². The summed E-state index contributed by atoms with van der Waals surface area (Å²) in [4.78, 5) is 25.7. The van der Waals surface area contributed by atoms with Crippen LogP contribution in [0, 0.1) is 5.92 Å². The topological polar surface area (TPSA) is 113 Å². The van der Waals surface area contributed by atoms with Gasteiger partial charge in [0.15, 0.2) is 0 Å². The van der Waals surface area contributed by atoms with E-state index in [-0.39, 0.29) is 17.7 Å². The largest absolute Gasteiger partial charge is 0.354 e. The van der Waals surface area contributed by atoms with Crippen molar-refractivity contribution in [2.75, 3.05) is 33.7 Å².